The van der Waals surface area contributed by atoms with Gasteiger partial charge in [0.25, 0.3) is 0 Å². The van der Waals surface area contributed by atoms with Gasteiger partial charge < -0.3 is 4.74 Å². The highest BCUT2D eigenvalue weighted by molar-refractivity contribution is 8.13. The lowest BCUT2D eigenvalue weighted by molar-refractivity contribution is -0.143. The third-order valence-electron chi connectivity index (χ3n) is 1.95. The summed E-state index contributed by atoms with van der Waals surface area (Å²) in [5.74, 6) is 0.158. The standard InChI is InChI=1S/C10H17ClO3S/c1-7(8(12)14-4)5-15-9(13)10(2,3)6-11/h7H,5-6H2,1-4H3/t7-/m0/s1. The molecule has 0 heterocycles. The Morgan fingerprint density at radius 2 is 2.00 bits per heavy atom. The van der Waals surface area contributed by atoms with Crippen molar-refractivity contribution in [2.45, 2.75) is 20.8 Å². The van der Waals surface area contributed by atoms with Crippen molar-refractivity contribution in [3.05, 3.63) is 0 Å². The molecule has 0 unspecified atom stereocenters. The van der Waals surface area contributed by atoms with Crippen LogP contribution in [0.5, 0.6) is 0 Å². The van der Waals surface area contributed by atoms with Crippen molar-refractivity contribution < 1.29 is 14.3 Å². The van der Waals surface area contributed by atoms with Gasteiger partial charge in [-0.25, -0.2) is 0 Å². The quantitative estimate of drug-likeness (QED) is 0.556. The molecule has 0 saturated carbocycles. The second kappa shape index (κ2) is 6.38. The van der Waals surface area contributed by atoms with Crippen LogP contribution in [-0.4, -0.2) is 29.8 Å². The molecule has 0 aromatic heterocycles. The monoisotopic (exact) mass is 252 g/mol. The van der Waals surface area contributed by atoms with Crippen molar-refractivity contribution in [3.8, 4) is 0 Å². The first-order chi connectivity index (χ1) is 6.85. The van der Waals surface area contributed by atoms with E-state index in [1.54, 1.807) is 20.8 Å². The fourth-order valence-corrected chi connectivity index (χ4v) is 1.92. The summed E-state index contributed by atoms with van der Waals surface area (Å²) in [6.07, 6.45) is 0. The molecule has 88 valence electrons. The van der Waals surface area contributed by atoms with Crippen LogP contribution in [0.25, 0.3) is 0 Å². The van der Waals surface area contributed by atoms with Crippen LogP contribution in [0.2, 0.25) is 0 Å². The SMILES string of the molecule is COC(=O)[C@@H](C)CSC(=O)C(C)(C)CCl. The van der Waals surface area contributed by atoms with Crippen LogP contribution in [0.4, 0.5) is 0 Å². The zero-order valence-electron chi connectivity index (χ0n) is 9.50. The number of alkyl halides is 1. The Kier molecular flexibility index (Phi) is 6.29. The van der Waals surface area contributed by atoms with Crippen molar-refractivity contribution in [1.82, 2.24) is 0 Å². The van der Waals surface area contributed by atoms with Crippen LogP contribution in [0.1, 0.15) is 20.8 Å². The van der Waals surface area contributed by atoms with Crippen LogP contribution < -0.4 is 0 Å². The predicted molar refractivity (Wildman–Crippen MR) is 63.1 cm³/mol. The second-order valence-electron chi connectivity index (χ2n) is 4.04. The van der Waals surface area contributed by atoms with Crippen molar-refractivity contribution in [1.29, 1.82) is 0 Å². The van der Waals surface area contributed by atoms with Crippen LogP contribution in [0.15, 0.2) is 0 Å². The number of carbonyl (C=O) groups excluding carboxylic acids is 2. The lowest BCUT2D eigenvalue weighted by Gasteiger charge is -2.19. The molecule has 0 N–H and O–H groups in total. The zero-order chi connectivity index (χ0) is 12.1. The third-order valence-corrected chi connectivity index (χ3v) is 4.10. The Morgan fingerprint density at radius 3 is 2.40 bits per heavy atom. The number of methoxy groups -OCH3 is 1. The molecule has 5 heteroatoms. The number of carbonyl (C=O) groups is 2. The van der Waals surface area contributed by atoms with E-state index in [0.29, 0.717) is 5.75 Å². The molecule has 0 aliphatic rings. The predicted octanol–water partition coefficient (Wildman–Crippen LogP) is 2.32. The highest BCUT2D eigenvalue weighted by atomic mass is 35.5. The van der Waals surface area contributed by atoms with E-state index >= 15 is 0 Å². The summed E-state index contributed by atoms with van der Waals surface area (Å²) < 4.78 is 4.57. The first-order valence-electron chi connectivity index (χ1n) is 4.66. The minimum absolute atomic E-state index is 0.00764. The zero-order valence-corrected chi connectivity index (χ0v) is 11.1. The second-order valence-corrected chi connectivity index (χ2v) is 5.30. The molecule has 0 spiro atoms. The number of rotatable bonds is 5. The Bertz CT molecular complexity index is 241. The first-order valence-corrected chi connectivity index (χ1v) is 6.18. The Balaban J connectivity index is 4.07. The van der Waals surface area contributed by atoms with Gasteiger partial charge in [0.05, 0.1) is 13.0 Å². The van der Waals surface area contributed by atoms with Gasteiger partial charge in [0, 0.05) is 17.0 Å². The van der Waals surface area contributed by atoms with Gasteiger partial charge in [0.15, 0.2) is 5.12 Å². The molecule has 0 saturated heterocycles. The number of esters is 1. The summed E-state index contributed by atoms with van der Waals surface area (Å²) in [7, 11) is 1.34. The number of ether oxygens (including phenoxy) is 1. The van der Waals surface area contributed by atoms with E-state index < -0.39 is 5.41 Å². The molecular weight excluding hydrogens is 236 g/mol. The summed E-state index contributed by atoms with van der Waals surface area (Å²) in [6, 6.07) is 0. The maximum Gasteiger partial charge on any atom is 0.309 e. The van der Waals surface area contributed by atoms with Crippen LogP contribution in [0.3, 0.4) is 0 Å². The van der Waals surface area contributed by atoms with Crippen molar-refractivity contribution >= 4 is 34.4 Å². The van der Waals surface area contributed by atoms with Gasteiger partial charge in [0.1, 0.15) is 0 Å². The van der Waals surface area contributed by atoms with Crippen LogP contribution in [-0.2, 0) is 14.3 Å². The molecule has 0 aromatic carbocycles. The molecule has 0 rings (SSSR count). The summed E-state index contributed by atoms with van der Waals surface area (Å²) in [5, 5.41) is 0.00764. The van der Waals surface area contributed by atoms with E-state index in [-0.39, 0.29) is 22.9 Å². The lowest BCUT2D eigenvalue weighted by atomic mass is 9.99. The molecule has 0 bridgehead atoms. The Labute approximate surface area is 99.9 Å². The van der Waals surface area contributed by atoms with E-state index in [4.69, 9.17) is 11.6 Å². The highest BCUT2D eigenvalue weighted by Crippen LogP contribution is 2.26. The molecule has 0 fully saturated rings. The van der Waals surface area contributed by atoms with Gasteiger partial charge in [0.2, 0.25) is 0 Å². The van der Waals surface area contributed by atoms with Gasteiger partial charge in [-0.3, -0.25) is 9.59 Å². The molecule has 0 radical (unpaired) electrons. The minimum atomic E-state index is -0.540. The van der Waals surface area contributed by atoms with Crippen molar-refractivity contribution in [2.75, 3.05) is 18.7 Å². The number of halogens is 1. The molecule has 0 aliphatic carbocycles. The average Bonchev–Trinajstić information content (AvgIpc) is 2.23. The molecule has 15 heavy (non-hydrogen) atoms. The summed E-state index contributed by atoms with van der Waals surface area (Å²) in [6.45, 7) is 5.32. The average molecular weight is 253 g/mol. The van der Waals surface area contributed by atoms with E-state index in [2.05, 4.69) is 4.74 Å². The number of hydrogen-bond donors (Lipinski definition) is 0. The molecule has 0 aliphatic heterocycles. The van der Waals surface area contributed by atoms with Gasteiger partial charge >= 0.3 is 5.97 Å². The van der Waals surface area contributed by atoms with Crippen LogP contribution in [0, 0.1) is 11.3 Å². The molecular formula is C10H17ClO3S. The van der Waals surface area contributed by atoms with E-state index in [1.165, 1.54) is 7.11 Å². The van der Waals surface area contributed by atoms with E-state index in [1.807, 2.05) is 0 Å². The smallest absolute Gasteiger partial charge is 0.309 e. The molecule has 0 aromatic rings. The Morgan fingerprint density at radius 1 is 1.47 bits per heavy atom. The topological polar surface area (TPSA) is 43.4 Å². The van der Waals surface area contributed by atoms with Gasteiger partial charge in [-0.2, -0.15) is 0 Å². The first kappa shape index (κ1) is 14.8. The maximum absolute atomic E-state index is 11.6. The molecule has 0 amide bonds. The molecule has 3 nitrogen and oxygen atoms in total. The van der Waals surface area contributed by atoms with Crippen molar-refractivity contribution in [2.24, 2.45) is 11.3 Å². The fourth-order valence-electron chi connectivity index (χ4n) is 0.720. The minimum Gasteiger partial charge on any atom is -0.469 e. The maximum atomic E-state index is 11.6. The third kappa shape index (κ3) is 4.89. The number of hydrogen-bond acceptors (Lipinski definition) is 4. The highest BCUT2D eigenvalue weighted by Gasteiger charge is 2.28. The van der Waals surface area contributed by atoms with Crippen molar-refractivity contribution in [3.63, 3.8) is 0 Å². The van der Waals surface area contributed by atoms with E-state index in [0.717, 1.165) is 11.8 Å². The summed E-state index contributed by atoms with van der Waals surface area (Å²) >= 11 is 6.80. The summed E-state index contributed by atoms with van der Waals surface area (Å²) in [5.41, 5.74) is -0.540. The van der Waals surface area contributed by atoms with Gasteiger partial charge in [-0.05, 0) is 0 Å². The van der Waals surface area contributed by atoms with Crippen LogP contribution >= 0.6 is 23.4 Å². The Hall–Kier alpha value is -0.220. The molecule has 1 atom stereocenters. The normalized spacial score (nSPS) is 13.4. The van der Waals surface area contributed by atoms with E-state index in [9.17, 15) is 9.59 Å². The summed E-state index contributed by atoms with van der Waals surface area (Å²) in [4.78, 5) is 22.7. The van der Waals surface area contributed by atoms with Gasteiger partial charge in [-0.1, -0.05) is 32.5 Å². The lowest BCUT2D eigenvalue weighted by Crippen LogP contribution is -2.25. The fraction of sp³-hybridized carbons (Fsp3) is 0.800. The number of thioether (sulfide) groups is 1. The largest absolute Gasteiger partial charge is 0.469 e. The van der Waals surface area contributed by atoms with Gasteiger partial charge in [-0.15, -0.1) is 11.6 Å².